The molecule has 0 saturated heterocycles. The van der Waals surface area contributed by atoms with Crippen molar-refractivity contribution in [1.82, 2.24) is 4.98 Å². The molecule has 0 unspecified atom stereocenters. The zero-order chi connectivity index (χ0) is 10.8. The van der Waals surface area contributed by atoms with E-state index in [9.17, 15) is 0 Å². The Hall–Kier alpha value is -0.400. The Morgan fingerprint density at radius 1 is 1.47 bits per heavy atom. The third kappa shape index (κ3) is 2.24. The number of nitrogens with zero attached hydrogens (tertiary/aromatic N) is 1. The van der Waals surface area contributed by atoms with Crippen LogP contribution in [0.25, 0.3) is 11.3 Å². The van der Waals surface area contributed by atoms with Gasteiger partial charge in [-0.1, -0.05) is 6.07 Å². The van der Waals surface area contributed by atoms with Crippen molar-refractivity contribution in [3.8, 4) is 11.3 Å². The van der Waals surface area contributed by atoms with E-state index >= 15 is 0 Å². The predicted octanol–water partition coefficient (Wildman–Crippen LogP) is 3.20. The van der Waals surface area contributed by atoms with E-state index in [1.165, 1.54) is 6.39 Å². The van der Waals surface area contributed by atoms with Crippen molar-refractivity contribution in [1.29, 1.82) is 0 Å². The number of hydrogen-bond acceptors (Lipinski definition) is 3. The summed E-state index contributed by atoms with van der Waals surface area (Å²) >= 11 is 5.66. The van der Waals surface area contributed by atoms with Gasteiger partial charge < -0.3 is 9.52 Å². The van der Waals surface area contributed by atoms with E-state index in [2.05, 4.69) is 43.5 Å². The maximum absolute atomic E-state index is 9.05. The first-order chi connectivity index (χ1) is 7.22. The molecule has 3 nitrogen and oxygen atoms in total. The van der Waals surface area contributed by atoms with Gasteiger partial charge in [-0.2, -0.15) is 0 Å². The summed E-state index contributed by atoms with van der Waals surface area (Å²) in [6, 6.07) is 5.87. The monoisotopic (exact) mass is 379 g/mol. The first kappa shape index (κ1) is 11.1. The lowest BCUT2D eigenvalue weighted by Crippen LogP contribution is -1.87. The number of halogens is 2. The minimum Gasteiger partial charge on any atom is -0.445 e. The maximum atomic E-state index is 9.05. The molecule has 1 N–H and O–H groups in total. The van der Waals surface area contributed by atoms with Gasteiger partial charge in [-0.15, -0.1) is 0 Å². The van der Waals surface area contributed by atoms with Crippen LogP contribution in [0.2, 0.25) is 0 Å². The van der Waals surface area contributed by atoms with Crippen LogP contribution in [-0.2, 0) is 6.61 Å². The molecule has 15 heavy (non-hydrogen) atoms. The molecule has 0 bridgehead atoms. The molecule has 0 saturated carbocycles. The molecule has 0 radical (unpaired) electrons. The highest BCUT2D eigenvalue weighted by Crippen LogP contribution is 2.27. The number of aliphatic hydroxyl groups excluding tert-OH is 1. The molecular formula is C10H7BrINO2. The van der Waals surface area contributed by atoms with Crippen LogP contribution in [0.5, 0.6) is 0 Å². The van der Waals surface area contributed by atoms with Crippen molar-refractivity contribution >= 4 is 38.5 Å². The van der Waals surface area contributed by atoms with Crippen LogP contribution in [0.3, 0.4) is 0 Å². The fourth-order valence-electron chi connectivity index (χ4n) is 1.26. The van der Waals surface area contributed by atoms with E-state index in [0.717, 1.165) is 13.6 Å². The second kappa shape index (κ2) is 4.63. The normalized spacial score (nSPS) is 10.6. The summed E-state index contributed by atoms with van der Waals surface area (Å²) in [5.74, 6) is 0.494. The summed E-state index contributed by atoms with van der Waals surface area (Å²) in [5, 5.41) is 9.05. The Morgan fingerprint density at radius 3 is 2.93 bits per heavy atom. The first-order valence-corrected chi connectivity index (χ1v) is 6.08. The van der Waals surface area contributed by atoms with Gasteiger partial charge in [0.15, 0.2) is 12.2 Å². The molecule has 1 heterocycles. The van der Waals surface area contributed by atoms with Gasteiger partial charge in [0.2, 0.25) is 0 Å². The minimum atomic E-state index is -0.137. The summed E-state index contributed by atoms with van der Waals surface area (Å²) in [7, 11) is 0. The van der Waals surface area contributed by atoms with Crippen molar-refractivity contribution < 1.29 is 9.52 Å². The SMILES string of the molecule is OCc1ocnc1-c1ccc(Br)c(I)c1. The van der Waals surface area contributed by atoms with Gasteiger partial charge in [0.05, 0.1) is 0 Å². The number of rotatable bonds is 2. The number of aromatic nitrogens is 1. The average molecular weight is 380 g/mol. The van der Waals surface area contributed by atoms with Gasteiger partial charge in [-0.3, -0.25) is 0 Å². The molecule has 0 fully saturated rings. The number of oxazole rings is 1. The molecule has 5 heteroatoms. The molecule has 0 aliphatic heterocycles. The van der Waals surface area contributed by atoms with E-state index in [0.29, 0.717) is 11.5 Å². The Labute approximate surface area is 109 Å². The van der Waals surface area contributed by atoms with Crippen LogP contribution in [-0.4, -0.2) is 10.1 Å². The third-order valence-electron chi connectivity index (χ3n) is 1.98. The highest BCUT2D eigenvalue weighted by molar-refractivity contribution is 14.1. The Morgan fingerprint density at radius 2 is 2.27 bits per heavy atom. The molecule has 1 aromatic carbocycles. The van der Waals surface area contributed by atoms with Gasteiger partial charge in [0.25, 0.3) is 0 Å². The number of hydrogen-bond donors (Lipinski definition) is 1. The standard InChI is InChI=1S/C10H7BrINO2/c11-7-2-1-6(3-8(7)12)10-9(4-14)15-5-13-10/h1-3,5,14H,4H2. The molecule has 0 aliphatic carbocycles. The summed E-state index contributed by atoms with van der Waals surface area (Å²) < 4.78 is 7.20. The quantitative estimate of drug-likeness (QED) is 0.815. The van der Waals surface area contributed by atoms with Gasteiger partial charge in [-0.25, -0.2) is 4.98 Å². The lowest BCUT2D eigenvalue weighted by atomic mass is 10.1. The van der Waals surface area contributed by atoms with E-state index in [1.54, 1.807) is 0 Å². The molecule has 0 amide bonds. The predicted molar refractivity (Wildman–Crippen MR) is 68.3 cm³/mol. The van der Waals surface area contributed by atoms with Crippen molar-refractivity contribution in [3.05, 3.63) is 38.4 Å². The molecule has 78 valence electrons. The lowest BCUT2D eigenvalue weighted by Gasteiger charge is -2.01. The largest absolute Gasteiger partial charge is 0.445 e. The van der Waals surface area contributed by atoms with E-state index in [-0.39, 0.29) is 6.61 Å². The highest BCUT2D eigenvalue weighted by atomic mass is 127. The van der Waals surface area contributed by atoms with Crippen molar-refractivity contribution in [3.63, 3.8) is 0 Å². The van der Waals surface area contributed by atoms with Gasteiger partial charge >= 0.3 is 0 Å². The Balaban J connectivity index is 2.50. The number of aliphatic hydroxyl groups is 1. The smallest absolute Gasteiger partial charge is 0.181 e. The minimum absolute atomic E-state index is 0.137. The average Bonchev–Trinajstić information content (AvgIpc) is 2.70. The molecule has 1 aromatic heterocycles. The zero-order valence-corrected chi connectivity index (χ0v) is 11.3. The number of benzene rings is 1. The van der Waals surface area contributed by atoms with Crippen molar-refractivity contribution in [2.45, 2.75) is 6.61 Å². The van der Waals surface area contributed by atoms with Gasteiger partial charge in [0.1, 0.15) is 12.3 Å². The van der Waals surface area contributed by atoms with Gasteiger partial charge in [-0.05, 0) is 50.7 Å². The fourth-order valence-corrected chi connectivity index (χ4v) is 2.02. The van der Waals surface area contributed by atoms with Crippen LogP contribution in [0.15, 0.2) is 33.5 Å². The highest BCUT2D eigenvalue weighted by Gasteiger charge is 2.10. The van der Waals surface area contributed by atoms with Crippen molar-refractivity contribution in [2.24, 2.45) is 0 Å². The van der Waals surface area contributed by atoms with Crippen LogP contribution >= 0.6 is 38.5 Å². The topological polar surface area (TPSA) is 46.3 Å². The van der Waals surface area contributed by atoms with Crippen LogP contribution < -0.4 is 0 Å². The van der Waals surface area contributed by atoms with E-state index < -0.39 is 0 Å². The maximum Gasteiger partial charge on any atom is 0.181 e. The molecular weight excluding hydrogens is 373 g/mol. The second-order valence-corrected chi connectivity index (χ2v) is 4.93. The molecule has 0 atom stereocenters. The summed E-state index contributed by atoms with van der Waals surface area (Å²) in [4.78, 5) is 4.08. The summed E-state index contributed by atoms with van der Waals surface area (Å²) in [5.41, 5.74) is 1.64. The van der Waals surface area contributed by atoms with E-state index in [4.69, 9.17) is 9.52 Å². The Kier molecular flexibility index (Phi) is 3.42. The third-order valence-corrected chi connectivity index (χ3v) is 4.30. The second-order valence-electron chi connectivity index (χ2n) is 2.91. The van der Waals surface area contributed by atoms with Crippen LogP contribution in [0.4, 0.5) is 0 Å². The molecule has 2 aromatic rings. The van der Waals surface area contributed by atoms with E-state index in [1.807, 2.05) is 18.2 Å². The lowest BCUT2D eigenvalue weighted by molar-refractivity contribution is 0.248. The van der Waals surface area contributed by atoms with Crippen LogP contribution in [0.1, 0.15) is 5.76 Å². The molecule has 0 spiro atoms. The molecule has 0 aliphatic rings. The zero-order valence-electron chi connectivity index (χ0n) is 7.58. The Bertz CT molecular complexity index is 484. The van der Waals surface area contributed by atoms with Crippen molar-refractivity contribution in [2.75, 3.05) is 0 Å². The fraction of sp³-hybridized carbons (Fsp3) is 0.100. The van der Waals surface area contributed by atoms with Gasteiger partial charge in [0, 0.05) is 13.6 Å². The first-order valence-electron chi connectivity index (χ1n) is 4.21. The summed E-state index contributed by atoms with van der Waals surface area (Å²) in [6.07, 6.45) is 1.34. The molecule has 2 rings (SSSR count). The summed E-state index contributed by atoms with van der Waals surface area (Å²) in [6.45, 7) is -0.137. The van der Waals surface area contributed by atoms with Crippen LogP contribution in [0, 0.1) is 3.57 Å².